The van der Waals surface area contributed by atoms with E-state index < -0.39 is 0 Å². The molecule has 5 heteroatoms. The fraction of sp³-hybridized carbons (Fsp3) is 0.667. The highest BCUT2D eigenvalue weighted by Crippen LogP contribution is 2.26. The molecule has 0 bridgehead atoms. The first-order valence-electron chi connectivity index (χ1n) is 7.33. The van der Waals surface area contributed by atoms with Gasteiger partial charge in [-0.05, 0) is 47.3 Å². The van der Waals surface area contributed by atoms with Crippen molar-refractivity contribution in [3.63, 3.8) is 0 Å². The Morgan fingerprint density at radius 3 is 3.15 bits per heavy atom. The van der Waals surface area contributed by atoms with Crippen molar-refractivity contribution in [2.45, 2.75) is 26.3 Å². The molecule has 0 saturated carbocycles. The van der Waals surface area contributed by atoms with Gasteiger partial charge in [0, 0.05) is 43.0 Å². The Morgan fingerprint density at radius 2 is 2.40 bits per heavy atom. The van der Waals surface area contributed by atoms with Crippen LogP contribution in [0.15, 0.2) is 16.7 Å². The molecule has 1 fully saturated rings. The van der Waals surface area contributed by atoms with Crippen LogP contribution in [0.25, 0.3) is 0 Å². The van der Waals surface area contributed by atoms with Gasteiger partial charge in [0.2, 0.25) is 0 Å². The number of ether oxygens (including phenoxy) is 1. The van der Waals surface area contributed by atoms with Gasteiger partial charge in [-0.25, -0.2) is 4.98 Å². The summed E-state index contributed by atoms with van der Waals surface area (Å²) in [5, 5.41) is 3.40. The Labute approximate surface area is 130 Å². The molecule has 0 amide bonds. The number of nitrogens with one attached hydrogen (secondary N) is 1. The highest BCUT2D eigenvalue weighted by atomic mass is 79.9. The van der Waals surface area contributed by atoms with Crippen LogP contribution in [0.1, 0.15) is 25.3 Å². The molecule has 1 unspecified atom stereocenters. The van der Waals surface area contributed by atoms with E-state index in [0.717, 1.165) is 43.1 Å². The zero-order chi connectivity index (χ0) is 14.4. The van der Waals surface area contributed by atoms with E-state index in [1.807, 2.05) is 6.20 Å². The minimum atomic E-state index is 0.617. The normalized spacial score (nSPS) is 19.4. The summed E-state index contributed by atoms with van der Waals surface area (Å²) in [6.07, 6.45) is 4.36. The maximum absolute atomic E-state index is 5.31. The van der Waals surface area contributed by atoms with Gasteiger partial charge in [0.25, 0.3) is 0 Å². The van der Waals surface area contributed by atoms with Gasteiger partial charge in [0.15, 0.2) is 0 Å². The number of anilines is 1. The number of rotatable bonds is 6. The summed E-state index contributed by atoms with van der Waals surface area (Å²) in [5.41, 5.74) is 1.26. The Bertz CT molecular complexity index is 426. The van der Waals surface area contributed by atoms with Gasteiger partial charge < -0.3 is 15.0 Å². The van der Waals surface area contributed by atoms with E-state index in [9.17, 15) is 0 Å². The summed E-state index contributed by atoms with van der Waals surface area (Å²) in [6.45, 7) is 6.94. The van der Waals surface area contributed by atoms with E-state index in [0.29, 0.717) is 5.92 Å². The van der Waals surface area contributed by atoms with Crippen LogP contribution in [-0.4, -0.2) is 38.3 Å². The molecule has 4 nitrogen and oxygen atoms in total. The average molecular weight is 342 g/mol. The van der Waals surface area contributed by atoms with Gasteiger partial charge in [0.1, 0.15) is 5.82 Å². The van der Waals surface area contributed by atoms with Crippen molar-refractivity contribution in [3.8, 4) is 0 Å². The maximum atomic E-state index is 5.31. The molecular weight excluding hydrogens is 318 g/mol. The largest absolute Gasteiger partial charge is 0.384 e. The number of hydrogen-bond acceptors (Lipinski definition) is 4. The monoisotopic (exact) mass is 341 g/mol. The number of piperidine rings is 1. The molecule has 2 heterocycles. The van der Waals surface area contributed by atoms with Crippen LogP contribution in [0.2, 0.25) is 0 Å². The van der Waals surface area contributed by atoms with E-state index in [1.165, 1.54) is 18.4 Å². The molecule has 0 aliphatic carbocycles. The molecule has 1 aromatic heterocycles. The topological polar surface area (TPSA) is 37.4 Å². The summed E-state index contributed by atoms with van der Waals surface area (Å²) in [4.78, 5) is 7.06. The third-order valence-electron chi connectivity index (χ3n) is 3.70. The van der Waals surface area contributed by atoms with Crippen LogP contribution in [0.5, 0.6) is 0 Å². The van der Waals surface area contributed by atoms with Gasteiger partial charge in [-0.15, -0.1) is 0 Å². The van der Waals surface area contributed by atoms with Gasteiger partial charge in [-0.3, -0.25) is 0 Å². The van der Waals surface area contributed by atoms with Crippen LogP contribution in [0.3, 0.4) is 0 Å². The van der Waals surface area contributed by atoms with Crippen LogP contribution in [-0.2, 0) is 11.3 Å². The SMILES string of the molecule is CCNCc1cc(Br)cnc1N1CCCC(COC)C1. The fourth-order valence-corrected chi connectivity index (χ4v) is 3.16. The highest BCUT2D eigenvalue weighted by molar-refractivity contribution is 9.10. The maximum Gasteiger partial charge on any atom is 0.133 e. The second-order valence-electron chi connectivity index (χ2n) is 5.33. The first kappa shape index (κ1) is 15.7. The van der Waals surface area contributed by atoms with Crippen LogP contribution >= 0.6 is 15.9 Å². The summed E-state index contributed by atoms with van der Waals surface area (Å²) in [5.74, 6) is 1.74. The molecule has 1 saturated heterocycles. The predicted molar refractivity (Wildman–Crippen MR) is 86.1 cm³/mol. The lowest BCUT2D eigenvalue weighted by atomic mass is 9.98. The number of nitrogens with zero attached hydrogens (tertiary/aromatic N) is 2. The van der Waals surface area contributed by atoms with Crippen molar-refractivity contribution < 1.29 is 4.74 Å². The Balaban J connectivity index is 2.13. The van der Waals surface area contributed by atoms with Crippen molar-refractivity contribution in [2.75, 3.05) is 38.3 Å². The smallest absolute Gasteiger partial charge is 0.133 e. The van der Waals surface area contributed by atoms with Crippen LogP contribution in [0, 0.1) is 5.92 Å². The lowest BCUT2D eigenvalue weighted by molar-refractivity contribution is 0.143. The molecule has 1 aliphatic rings. The number of halogens is 1. The minimum absolute atomic E-state index is 0.617. The standard InChI is InChI=1S/C15H24BrN3O/c1-3-17-8-13-7-14(16)9-18-15(13)19-6-4-5-12(10-19)11-20-2/h7,9,12,17H,3-6,8,10-11H2,1-2H3. The highest BCUT2D eigenvalue weighted by Gasteiger charge is 2.22. The van der Waals surface area contributed by atoms with E-state index in [-0.39, 0.29) is 0 Å². The summed E-state index contributed by atoms with van der Waals surface area (Å²) in [6, 6.07) is 2.17. The number of aromatic nitrogens is 1. The molecule has 0 spiro atoms. The number of hydrogen-bond donors (Lipinski definition) is 1. The third-order valence-corrected chi connectivity index (χ3v) is 4.13. The molecule has 0 radical (unpaired) electrons. The fourth-order valence-electron chi connectivity index (χ4n) is 2.78. The van der Waals surface area contributed by atoms with Crippen molar-refractivity contribution >= 4 is 21.7 Å². The molecule has 1 aromatic rings. The average Bonchev–Trinajstić information content (AvgIpc) is 2.46. The van der Waals surface area contributed by atoms with Crippen LogP contribution in [0.4, 0.5) is 5.82 Å². The van der Waals surface area contributed by atoms with Crippen molar-refractivity contribution in [3.05, 3.63) is 22.3 Å². The van der Waals surface area contributed by atoms with E-state index >= 15 is 0 Å². The molecule has 2 rings (SSSR count). The molecule has 112 valence electrons. The molecule has 1 aliphatic heterocycles. The molecule has 20 heavy (non-hydrogen) atoms. The minimum Gasteiger partial charge on any atom is -0.384 e. The van der Waals surface area contributed by atoms with Gasteiger partial charge in [0.05, 0.1) is 6.61 Å². The Kier molecular flexibility index (Phi) is 6.26. The lowest BCUT2D eigenvalue weighted by Gasteiger charge is -2.34. The van der Waals surface area contributed by atoms with E-state index in [1.54, 1.807) is 7.11 Å². The first-order valence-corrected chi connectivity index (χ1v) is 8.13. The molecule has 1 atom stereocenters. The van der Waals surface area contributed by atoms with Gasteiger partial charge in [-0.2, -0.15) is 0 Å². The summed E-state index contributed by atoms with van der Waals surface area (Å²) < 4.78 is 6.35. The zero-order valence-electron chi connectivity index (χ0n) is 12.4. The van der Waals surface area contributed by atoms with Gasteiger partial charge in [-0.1, -0.05) is 6.92 Å². The van der Waals surface area contributed by atoms with Crippen molar-refractivity contribution in [1.82, 2.24) is 10.3 Å². The zero-order valence-corrected chi connectivity index (χ0v) is 13.9. The van der Waals surface area contributed by atoms with E-state index in [2.05, 4.69) is 44.1 Å². The number of pyridine rings is 1. The van der Waals surface area contributed by atoms with Gasteiger partial charge >= 0.3 is 0 Å². The summed E-state index contributed by atoms with van der Waals surface area (Å²) >= 11 is 3.52. The second-order valence-corrected chi connectivity index (χ2v) is 6.24. The molecule has 0 aromatic carbocycles. The predicted octanol–water partition coefficient (Wildman–Crippen LogP) is 2.82. The Morgan fingerprint density at radius 1 is 1.55 bits per heavy atom. The Hall–Kier alpha value is -0.650. The number of methoxy groups -OCH3 is 1. The lowest BCUT2D eigenvalue weighted by Crippen LogP contribution is -2.38. The van der Waals surface area contributed by atoms with Crippen molar-refractivity contribution in [2.24, 2.45) is 5.92 Å². The van der Waals surface area contributed by atoms with E-state index in [4.69, 9.17) is 4.74 Å². The molecular formula is C15H24BrN3O. The first-order chi connectivity index (χ1) is 9.74. The molecule has 1 N–H and O–H groups in total. The second kappa shape index (κ2) is 7.96. The quantitative estimate of drug-likeness (QED) is 0.863. The summed E-state index contributed by atoms with van der Waals surface area (Å²) in [7, 11) is 1.79. The van der Waals surface area contributed by atoms with Crippen molar-refractivity contribution in [1.29, 1.82) is 0 Å². The van der Waals surface area contributed by atoms with Crippen LogP contribution < -0.4 is 10.2 Å². The third kappa shape index (κ3) is 4.17.